The maximum Gasteiger partial charge on any atom is 0.410 e. The lowest BCUT2D eigenvalue weighted by molar-refractivity contribution is -0.115. The third-order valence-electron chi connectivity index (χ3n) is 3.43. The lowest BCUT2D eigenvalue weighted by Gasteiger charge is -2.60. The third-order valence-corrected chi connectivity index (χ3v) is 3.43. The van der Waals surface area contributed by atoms with Gasteiger partial charge in [0.25, 0.3) is 0 Å². The van der Waals surface area contributed by atoms with Gasteiger partial charge in [-0.3, -0.25) is 4.90 Å². The fourth-order valence-corrected chi connectivity index (χ4v) is 2.70. The summed E-state index contributed by atoms with van der Waals surface area (Å²) in [6, 6.07) is 0. The minimum absolute atomic E-state index is 0.177. The summed E-state index contributed by atoms with van der Waals surface area (Å²) in [5, 5.41) is 0. The van der Waals surface area contributed by atoms with E-state index in [1.54, 1.807) is 12.0 Å². The van der Waals surface area contributed by atoms with Gasteiger partial charge >= 0.3 is 6.09 Å². The standard InChI is InChI=1S/C13H24N2O3/c1-12(2,3)18-11(16)15-9-13(10-15)7-14(8-13)5-6-17-4/h5-10H2,1-4H3. The van der Waals surface area contributed by atoms with Crippen LogP contribution in [0.3, 0.4) is 0 Å². The SMILES string of the molecule is COCCN1CC2(C1)CN(C(=O)OC(C)(C)C)C2. The largest absolute Gasteiger partial charge is 0.444 e. The molecule has 18 heavy (non-hydrogen) atoms. The van der Waals surface area contributed by atoms with E-state index in [1.807, 2.05) is 20.8 Å². The van der Waals surface area contributed by atoms with Gasteiger partial charge in [-0.1, -0.05) is 0 Å². The molecule has 0 saturated carbocycles. The highest BCUT2D eigenvalue weighted by atomic mass is 16.6. The van der Waals surface area contributed by atoms with Crippen molar-refractivity contribution in [1.82, 2.24) is 9.80 Å². The molecule has 0 aromatic carbocycles. The van der Waals surface area contributed by atoms with Crippen LogP contribution >= 0.6 is 0 Å². The lowest BCUT2D eigenvalue weighted by Crippen LogP contribution is -2.73. The van der Waals surface area contributed by atoms with Gasteiger partial charge in [-0.15, -0.1) is 0 Å². The second kappa shape index (κ2) is 4.70. The summed E-state index contributed by atoms with van der Waals surface area (Å²) >= 11 is 0. The van der Waals surface area contributed by atoms with Gasteiger partial charge < -0.3 is 14.4 Å². The molecule has 0 aliphatic carbocycles. The molecule has 5 nitrogen and oxygen atoms in total. The van der Waals surface area contributed by atoms with Gasteiger partial charge in [0.1, 0.15) is 5.60 Å². The average molecular weight is 256 g/mol. The number of hydrogen-bond acceptors (Lipinski definition) is 4. The first-order chi connectivity index (χ1) is 8.34. The van der Waals surface area contributed by atoms with Crippen LogP contribution in [0.4, 0.5) is 4.79 Å². The second-order valence-electron chi connectivity index (χ2n) is 6.54. The second-order valence-corrected chi connectivity index (χ2v) is 6.54. The topological polar surface area (TPSA) is 42.0 Å². The van der Waals surface area contributed by atoms with Gasteiger partial charge in [0.2, 0.25) is 0 Å². The van der Waals surface area contributed by atoms with E-state index in [0.717, 1.165) is 39.3 Å². The predicted octanol–water partition coefficient (Wildman–Crippen LogP) is 1.19. The minimum Gasteiger partial charge on any atom is -0.444 e. The molecule has 0 bridgehead atoms. The average Bonchev–Trinajstić information content (AvgIpc) is 2.09. The summed E-state index contributed by atoms with van der Waals surface area (Å²) in [6.07, 6.45) is -0.177. The zero-order valence-corrected chi connectivity index (χ0v) is 11.9. The summed E-state index contributed by atoms with van der Waals surface area (Å²) in [4.78, 5) is 16.0. The van der Waals surface area contributed by atoms with Crippen LogP contribution in [0.1, 0.15) is 20.8 Å². The van der Waals surface area contributed by atoms with Crippen LogP contribution in [0.5, 0.6) is 0 Å². The molecule has 0 aromatic heterocycles. The van der Waals surface area contributed by atoms with E-state index in [0.29, 0.717) is 5.41 Å². The number of carbonyl (C=O) groups excluding carboxylic acids is 1. The Morgan fingerprint density at radius 3 is 2.33 bits per heavy atom. The molecule has 2 fully saturated rings. The Bertz CT molecular complexity index is 311. The molecule has 104 valence electrons. The van der Waals surface area contributed by atoms with E-state index in [4.69, 9.17) is 9.47 Å². The number of nitrogens with zero attached hydrogens (tertiary/aromatic N) is 2. The monoisotopic (exact) mass is 256 g/mol. The van der Waals surface area contributed by atoms with E-state index >= 15 is 0 Å². The van der Waals surface area contributed by atoms with E-state index < -0.39 is 5.60 Å². The van der Waals surface area contributed by atoms with Crippen LogP contribution in [-0.4, -0.2) is 67.9 Å². The number of carbonyl (C=O) groups is 1. The predicted molar refractivity (Wildman–Crippen MR) is 68.6 cm³/mol. The van der Waals surface area contributed by atoms with Crippen molar-refractivity contribution in [2.24, 2.45) is 5.41 Å². The van der Waals surface area contributed by atoms with Crippen LogP contribution in [0, 0.1) is 5.41 Å². The van der Waals surface area contributed by atoms with Crippen molar-refractivity contribution >= 4 is 6.09 Å². The van der Waals surface area contributed by atoms with Crippen LogP contribution in [0.25, 0.3) is 0 Å². The quantitative estimate of drug-likeness (QED) is 0.760. The van der Waals surface area contributed by atoms with E-state index in [9.17, 15) is 4.79 Å². The number of rotatable bonds is 3. The molecule has 2 aliphatic rings. The molecule has 1 spiro atoms. The van der Waals surface area contributed by atoms with Gasteiger partial charge in [0.15, 0.2) is 0 Å². The fourth-order valence-electron chi connectivity index (χ4n) is 2.70. The van der Waals surface area contributed by atoms with Crippen LogP contribution < -0.4 is 0 Å². The number of amides is 1. The number of likely N-dealkylation sites (tertiary alicyclic amines) is 2. The Balaban J connectivity index is 1.67. The Kier molecular flexibility index (Phi) is 3.56. The molecule has 2 aliphatic heterocycles. The summed E-state index contributed by atoms with van der Waals surface area (Å²) < 4.78 is 10.4. The maximum atomic E-state index is 11.8. The molecule has 0 N–H and O–H groups in total. The highest BCUT2D eigenvalue weighted by Crippen LogP contribution is 2.39. The first kappa shape index (κ1) is 13.6. The summed E-state index contributed by atoms with van der Waals surface area (Å²) in [7, 11) is 1.73. The molecule has 0 radical (unpaired) electrons. The van der Waals surface area contributed by atoms with Crippen molar-refractivity contribution in [1.29, 1.82) is 0 Å². The molecular formula is C13H24N2O3. The molecule has 5 heteroatoms. The van der Waals surface area contributed by atoms with E-state index in [1.165, 1.54) is 0 Å². The Morgan fingerprint density at radius 2 is 1.83 bits per heavy atom. The van der Waals surface area contributed by atoms with Gasteiger partial charge in [-0.25, -0.2) is 4.79 Å². The molecular weight excluding hydrogens is 232 g/mol. The van der Waals surface area contributed by atoms with Crippen molar-refractivity contribution < 1.29 is 14.3 Å². The van der Waals surface area contributed by atoms with Crippen LogP contribution in [0.15, 0.2) is 0 Å². The first-order valence-corrected chi connectivity index (χ1v) is 6.53. The van der Waals surface area contributed by atoms with Crippen molar-refractivity contribution in [3.63, 3.8) is 0 Å². The zero-order chi connectivity index (χ0) is 13.4. The number of methoxy groups -OCH3 is 1. The molecule has 0 atom stereocenters. The lowest BCUT2D eigenvalue weighted by atomic mass is 9.73. The van der Waals surface area contributed by atoms with Crippen molar-refractivity contribution in [2.45, 2.75) is 26.4 Å². The highest BCUT2D eigenvalue weighted by Gasteiger charge is 2.53. The van der Waals surface area contributed by atoms with Gasteiger partial charge in [-0.2, -0.15) is 0 Å². The van der Waals surface area contributed by atoms with Crippen molar-refractivity contribution in [2.75, 3.05) is 46.4 Å². The van der Waals surface area contributed by atoms with E-state index in [-0.39, 0.29) is 6.09 Å². The molecule has 0 unspecified atom stereocenters. The smallest absolute Gasteiger partial charge is 0.410 e. The highest BCUT2D eigenvalue weighted by molar-refractivity contribution is 5.69. The van der Waals surface area contributed by atoms with E-state index in [2.05, 4.69) is 4.90 Å². The number of ether oxygens (including phenoxy) is 2. The Labute approximate surface area is 109 Å². The summed E-state index contributed by atoms with van der Waals surface area (Å²) in [5.41, 5.74) is -0.0609. The van der Waals surface area contributed by atoms with Crippen LogP contribution in [0.2, 0.25) is 0 Å². The van der Waals surface area contributed by atoms with Crippen LogP contribution in [-0.2, 0) is 9.47 Å². The van der Waals surface area contributed by atoms with Gasteiger partial charge in [-0.05, 0) is 20.8 Å². The molecule has 1 amide bonds. The molecule has 2 saturated heterocycles. The van der Waals surface area contributed by atoms with Crippen molar-refractivity contribution in [3.8, 4) is 0 Å². The molecule has 2 heterocycles. The van der Waals surface area contributed by atoms with Gasteiger partial charge in [0.05, 0.1) is 6.61 Å². The molecule has 2 rings (SSSR count). The number of hydrogen-bond donors (Lipinski definition) is 0. The normalized spacial score (nSPS) is 22.6. The summed E-state index contributed by atoms with van der Waals surface area (Å²) in [5.74, 6) is 0. The fraction of sp³-hybridized carbons (Fsp3) is 0.923. The minimum atomic E-state index is -0.399. The van der Waals surface area contributed by atoms with Gasteiger partial charge in [0, 0.05) is 45.2 Å². The Morgan fingerprint density at radius 1 is 1.22 bits per heavy atom. The zero-order valence-electron chi connectivity index (χ0n) is 11.9. The summed E-state index contributed by atoms with van der Waals surface area (Å²) in [6.45, 7) is 11.3. The Hall–Kier alpha value is -0.810. The third kappa shape index (κ3) is 2.95. The maximum absolute atomic E-state index is 11.8. The molecule has 0 aromatic rings. The van der Waals surface area contributed by atoms with Crippen molar-refractivity contribution in [3.05, 3.63) is 0 Å². The first-order valence-electron chi connectivity index (χ1n) is 6.53.